The van der Waals surface area contributed by atoms with E-state index in [0.29, 0.717) is 0 Å². The summed E-state index contributed by atoms with van der Waals surface area (Å²) in [5, 5.41) is 7.88. The van der Waals surface area contributed by atoms with Gasteiger partial charge in [0.15, 0.2) is 4.96 Å². The molecule has 5 heterocycles. The molecule has 22 rings (SSSR count). The van der Waals surface area contributed by atoms with Crippen molar-refractivity contribution >= 4 is 103 Å². The summed E-state index contributed by atoms with van der Waals surface area (Å²) < 4.78 is 10.6. The first-order chi connectivity index (χ1) is 54.8. The van der Waals surface area contributed by atoms with Gasteiger partial charge in [-0.15, -0.1) is 0 Å². The minimum atomic E-state index is 0.152. The first-order valence-electron chi connectivity index (χ1n) is 38.7. The predicted molar refractivity (Wildman–Crippen MR) is 480 cm³/mol. The number of thiazole rings is 1. The lowest BCUT2D eigenvalue weighted by atomic mass is 9.82. The van der Waals surface area contributed by atoms with Crippen molar-refractivity contribution < 1.29 is 0 Å². The Balaban J connectivity index is 0.0000000977. The van der Waals surface area contributed by atoms with Crippen LogP contribution in [0.1, 0.15) is 58.4 Å². The molecule has 0 saturated heterocycles. The summed E-state index contributed by atoms with van der Waals surface area (Å²) in [5.74, 6) is 0. The smallest absolute Gasteiger partial charge is 0.195 e. The van der Waals surface area contributed by atoms with Gasteiger partial charge in [0.2, 0.25) is 0 Å². The van der Waals surface area contributed by atoms with Crippen molar-refractivity contribution in [2.75, 3.05) is 0 Å². The van der Waals surface area contributed by atoms with E-state index in [1.165, 1.54) is 176 Å². The Bertz CT molecular complexity index is 6820. The summed E-state index contributed by atoms with van der Waals surface area (Å²) in [6, 6.07) is 136. The van der Waals surface area contributed by atoms with Gasteiger partial charge in [-0.2, -0.15) is 0 Å². The third-order valence-electron chi connectivity index (χ3n) is 21.8. The van der Waals surface area contributed by atoms with Crippen LogP contribution in [0, 0.1) is 41.5 Å². The molecule has 0 atom stereocenters. The molecule has 5 aromatic heterocycles. The van der Waals surface area contributed by atoms with Gasteiger partial charge < -0.3 is 13.7 Å². The molecule has 21 aromatic rings. The van der Waals surface area contributed by atoms with Crippen LogP contribution in [0.3, 0.4) is 0 Å². The van der Waals surface area contributed by atoms with Gasteiger partial charge in [0.1, 0.15) is 0 Å². The monoisotopic (exact) mass is 1460 g/mol. The zero-order valence-electron chi connectivity index (χ0n) is 64.5. The predicted octanol–water partition coefficient (Wildman–Crippen LogP) is 28.9. The maximum absolute atomic E-state index is 4.68. The number of imidazole rings is 1. The summed E-state index contributed by atoms with van der Waals surface area (Å²) >= 11 is 1.77. The Morgan fingerprint density at radius 3 is 1.27 bits per heavy atom. The van der Waals surface area contributed by atoms with E-state index in [1.807, 2.05) is 6.07 Å². The molecule has 1 aliphatic carbocycles. The van der Waals surface area contributed by atoms with E-state index in [2.05, 4.69) is 455 Å². The van der Waals surface area contributed by atoms with E-state index in [0.717, 1.165) is 10.5 Å². The summed E-state index contributed by atoms with van der Waals surface area (Å²) in [4.78, 5) is 5.75. The van der Waals surface area contributed by atoms with Crippen molar-refractivity contribution in [2.45, 2.75) is 60.8 Å². The molecule has 1 aliphatic rings. The number of aryl methyl sites for hydroxylation is 6. The van der Waals surface area contributed by atoms with Crippen molar-refractivity contribution in [2.24, 2.45) is 0 Å². The average molecular weight is 1460 g/mol. The van der Waals surface area contributed by atoms with Crippen LogP contribution < -0.4 is 0 Å². The summed E-state index contributed by atoms with van der Waals surface area (Å²) in [6.45, 7) is 17.5. The topological polar surface area (TPSA) is 32.1 Å². The molecule has 0 amide bonds. The minimum absolute atomic E-state index is 0.152. The highest BCUT2D eigenvalue weighted by Crippen LogP contribution is 2.49. The lowest BCUT2D eigenvalue weighted by molar-refractivity contribution is 0.660. The fourth-order valence-corrected chi connectivity index (χ4v) is 17.6. The van der Waals surface area contributed by atoms with E-state index in [4.69, 9.17) is 0 Å². The summed E-state index contributed by atoms with van der Waals surface area (Å²) in [7, 11) is 0. The van der Waals surface area contributed by atoms with Crippen molar-refractivity contribution in [3.05, 3.63) is 427 Å². The standard InChI is InChI=1S/3C19H15N.C19H16.C16H16.C14H10N2S/c1-14-8-2-5-11-17(14)20-18-12-6-3-9-15(18)16-10-4-7-13-19(16)20;1-14-7-6-8-15(13-14)20-18-11-4-2-9-16(18)17-10-3-5-12-19(17)20;1-14-11-12-19-17(13-14)16-9-5-6-10-18(16)20(19)15-7-3-2-4-8-15;1-15-12-18(16-8-4-2-5-9-16)14-19(13-15)17-10-6-3-7-11-17;1-11-8-9-15-13(10-11)12-6-4-5-7-14(12)16(15,2)3;1-9-5-4-8-12-13(9)17-14-15-10-6-2-3-7-11(10)16(12)14/h3*2-13H,1H3;2-14H,1H3;4-10H,1-3H3;2-8H,1H3. The van der Waals surface area contributed by atoms with Gasteiger partial charge in [0, 0.05) is 54.8 Å². The summed E-state index contributed by atoms with van der Waals surface area (Å²) in [6.07, 6.45) is 0. The van der Waals surface area contributed by atoms with Crippen LogP contribution in [0.2, 0.25) is 0 Å². The first-order valence-corrected chi connectivity index (χ1v) is 39.5. The van der Waals surface area contributed by atoms with Crippen molar-refractivity contribution in [3.8, 4) is 50.4 Å². The molecule has 0 bridgehead atoms. The maximum atomic E-state index is 4.68. The van der Waals surface area contributed by atoms with Crippen LogP contribution >= 0.6 is 11.3 Å². The average Bonchev–Trinajstić information content (AvgIpc) is 1.46. The molecule has 0 saturated carbocycles. The Morgan fingerprint density at radius 1 is 0.259 bits per heavy atom. The molecule has 0 unspecified atom stereocenters. The Morgan fingerprint density at radius 2 is 0.679 bits per heavy atom. The molecule has 0 fully saturated rings. The maximum Gasteiger partial charge on any atom is 0.195 e. The molecule has 0 spiro atoms. The van der Waals surface area contributed by atoms with E-state index in [9.17, 15) is 0 Å². The van der Waals surface area contributed by atoms with Crippen LogP contribution in [0.15, 0.2) is 382 Å². The second kappa shape index (κ2) is 30.9. The molecule has 0 radical (unpaired) electrons. The Labute approximate surface area is 659 Å². The molecule has 0 N–H and O–H groups in total. The number of nitrogens with zero attached hydrogens (tertiary/aromatic N) is 5. The van der Waals surface area contributed by atoms with Gasteiger partial charge in [-0.3, -0.25) is 4.40 Å². The molecule has 0 aliphatic heterocycles. The lowest BCUT2D eigenvalue weighted by Gasteiger charge is -2.21. The number of fused-ring (bicyclic) bond motifs is 17. The first kappa shape index (κ1) is 71.5. The van der Waals surface area contributed by atoms with Crippen molar-refractivity contribution in [1.82, 2.24) is 23.1 Å². The van der Waals surface area contributed by atoms with Gasteiger partial charge in [-0.25, -0.2) is 4.98 Å². The van der Waals surface area contributed by atoms with Crippen molar-refractivity contribution in [3.63, 3.8) is 0 Å². The molecule has 16 aromatic carbocycles. The highest BCUT2D eigenvalue weighted by Gasteiger charge is 2.35. The van der Waals surface area contributed by atoms with Crippen LogP contribution in [-0.2, 0) is 5.41 Å². The highest BCUT2D eigenvalue weighted by atomic mass is 32.1. The fourth-order valence-electron chi connectivity index (χ4n) is 16.5. The highest BCUT2D eigenvalue weighted by molar-refractivity contribution is 7.23. The van der Waals surface area contributed by atoms with Crippen LogP contribution in [0.4, 0.5) is 0 Å². The molecular weight excluding hydrogens is 1380 g/mol. The number of para-hydroxylation sites is 9. The second-order valence-corrected chi connectivity index (χ2v) is 30.8. The van der Waals surface area contributed by atoms with Crippen LogP contribution in [-0.4, -0.2) is 23.1 Å². The Kier molecular flexibility index (Phi) is 19.8. The number of benzene rings is 16. The lowest BCUT2D eigenvalue weighted by Crippen LogP contribution is -2.14. The number of hydrogen-bond donors (Lipinski definition) is 0. The minimum Gasteiger partial charge on any atom is -0.309 e. The number of hydrogen-bond acceptors (Lipinski definition) is 2. The number of rotatable bonds is 5. The normalized spacial score (nSPS) is 11.8. The zero-order valence-corrected chi connectivity index (χ0v) is 65.3. The second-order valence-electron chi connectivity index (χ2n) is 29.9. The molecule has 542 valence electrons. The van der Waals surface area contributed by atoms with E-state index < -0.39 is 0 Å². The van der Waals surface area contributed by atoms with Gasteiger partial charge in [-0.05, 0) is 205 Å². The Hall–Kier alpha value is -13.4. The van der Waals surface area contributed by atoms with Crippen molar-refractivity contribution in [1.29, 1.82) is 0 Å². The van der Waals surface area contributed by atoms with Crippen LogP contribution in [0.5, 0.6) is 0 Å². The fraction of sp³-hybridized carbons (Fsp3) is 0.0849. The quantitative estimate of drug-likeness (QED) is 0.169. The molecular formula is C106H87N5S. The van der Waals surface area contributed by atoms with Gasteiger partial charge in [0.05, 0.1) is 54.4 Å². The molecule has 5 nitrogen and oxygen atoms in total. The van der Waals surface area contributed by atoms with Gasteiger partial charge in [-0.1, -0.05) is 321 Å². The van der Waals surface area contributed by atoms with E-state index >= 15 is 0 Å². The molecule has 112 heavy (non-hydrogen) atoms. The SMILES string of the molecule is Cc1cc(-c2ccccc2)cc(-c2ccccc2)c1.Cc1ccc2c(c1)-c1ccccc1C2(C)C.Cc1ccc2c(c1)c1ccccc1n2-c1ccccc1.Cc1cccc(-n2c3ccccc3c3ccccc32)c1.Cc1cccc2c1sc1nc3ccccc3n12.Cc1ccccc1-n1c2ccccc2c2ccccc21. The largest absolute Gasteiger partial charge is 0.309 e. The van der Waals surface area contributed by atoms with Gasteiger partial charge in [0.25, 0.3) is 0 Å². The zero-order chi connectivity index (χ0) is 76.4. The summed E-state index contributed by atoms with van der Waals surface area (Å²) in [5.41, 5.74) is 33.6. The number of aromatic nitrogens is 5. The third-order valence-corrected chi connectivity index (χ3v) is 23.0. The van der Waals surface area contributed by atoms with Crippen LogP contribution in [0.25, 0.3) is 142 Å². The van der Waals surface area contributed by atoms with E-state index in [1.54, 1.807) is 11.3 Å². The molecule has 6 heteroatoms. The third kappa shape index (κ3) is 13.8. The van der Waals surface area contributed by atoms with Gasteiger partial charge >= 0.3 is 0 Å². The van der Waals surface area contributed by atoms with E-state index in [-0.39, 0.29) is 5.41 Å².